The van der Waals surface area contributed by atoms with E-state index in [9.17, 15) is 0 Å². The molecule has 0 aliphatic heterocycles. The molecule has 100 valence electrons. The van der Waals surface area contributed by atoms with E-state index in [0.29, 0.717) is 23.3 Å². The summed E-state index contributed by atoms with van der Waals surface area (Å²) in [7, 11) is 0. The average Bonchev–Trinajstić information content (AvgIpc) is 2.33. The Labute approximate surface area is 121 Å². The first kappa shape index (κ1) is 13.8. The number of hydrogen-bond acceptors (Lipinski definition) is 5. The van der Waals surface area contributed by atoms with Crippen LogP contribution in [0.2, 0.25) is 10.3 Å². The first-order chi connectivity index (χ1) is 9.08. The third kappa shape index (κ3) is 3.68. The van der Waals surface area contributed by atoms with Crippen LogP contribution in [-0.2, 0) is 0 Å². The predicted molar refractivity (Wildman–Crippen MR) is 75.3 cm³/mol. The van der Waals surface area contributed by atoms with E-state index >= 15 is 0 Å². The predicted octanol–water partition coefficient (Wildman–Crippen LogP) is 3.71. The molecule has 7 heteroatoms. The molecule has 0 unspecified atom stereocenters. The topological polar surface area (TPSA) is 59.9 Å². The van der Waals surface area contributed by atoms with Crippen molar-refractivity contribution < 1.29 is 4.74 Å². The number of aromatic nitrogens is 3. The number of ether oxygens (including phenoxy) is 1. The number of rotatable bonds is 4. The Kier molecular flexibility index (Phi) is 4.39. The van der Waals surface area contributed by atoms with Crippen LogP contribution in [0, 0.1) is 6.92 Å². The van der Waals surface area contributed by atoms with Gasteiger partial charge < -0.3 is 10.1 Å². The number of aryl methyl sites for hydroxylation is 1. The standard InChI is InChI=1S/C12H12Cl2N4O/c1-3-15-11-16-10(14)17-12(18-11)19-9-6-7(2)4-5-8(9)13/h4-6H,3H2,1-2H3,(H,15,16,17,18). The summed E-state index contributed by atoms with van der Waals surface area (Å²) in [5.41, 5.74) is 1.02. The maximum absolute atomic E-state index is 6.04. The third-order valence-electron chi connectivity index (χ3n) is 2.21. The van der Waals surface area contributed by atoms with E-state index in [4.69, 9.17) is 27.9 Å². The summed E-state index contributed by atoms with van der Waals surface area (Å²) in [4.78, 5) is 11.9. The van der Waals surface area contributed by atoms with Gasteiger partial charge in [-0.1, -0.05) is 17.7 Å². The molecule has 0 bridgehead atoms. The molecule has 19 heavy (non-hydrogen) atoms. The lowest BCUT2D eigenvalue weighted by Crippen LogP contribution is -2.05. The van der Waals surface area contributed by atoms with Crippen LogP contribution in [0.1, 0.15) is 12.5 Å². The lowest BCUT2D eigenvalue weighted by molar-refractivity contribution is 0.440. The highest BCUT2D eigenvalue weighted by atomic mass is 35.5. The van der Waals surface area contributed by atoms with Crippen molar-refractivity contribution in [1.82, 2.24) is 15.0 Å². The maximum atomic E-state index is 6.04. The molecule has 0 spiro atoms. The molecule has 1 aromatic heterocycles. The van der Waals surface area contributed by atoms with Crippen molar-refractivity contribution >= 4 is 29.2 Å². The van der Waals surface area contributed by atoms with E-state index in [1.54, 1.807) is 12.1 Å². The van der Waals surface area contributed by atoms with Crippen molar-refractivity contribution in [1.29, 1.82) is 0 Å². The quantitative estimate of drug-likeness (QED) is 0.932. The number of benzene rings is 1. The zero-order valence-electron chi connectivity index (χ0n) is 10.4. The highest BCUT2D eigenvalue weighted by Gasteiger charge is 2.09. The Hall–Kier alpha value is -1.59. The lowest BCUT2D eigenvalue weighted by atomic mass is 10.2. The van der Waals surface area contributed by atoms with E-state index < -0.39 is 0 Å². The van der Waals surface area contributed by atoms with Crippen LogP contribution in [0.3, 0.4) is 0 Å². The van der Waals surface area contributed by atoms with Gasteiger partial charge in [-0.3, -0.25) is 0 Å². The molecule has 1 heterocycles. The molecule has 0 saturated carbocycles. The monoisotopic (exact) mass is 298 g/mol. The molecule has 0 aliphatic rings. The summed E-state index contributed by atoms with van der Waals surface area (Å²) in [5, 5.41) is 3.48. The van der Waals surface area contributed by atoms with Crippen LogP contribution in [0.5, 0.6) is 11.8 Å². The van der Waals surface area contributed by atoms with E-state index in [1.807, 2.05) is 19.9 Å². The Morgan fingerprint density at radius 1 is 1.21 bits per heavy atom. The van der Waals surface area contributed by atoms with E-state index in [2.05, 4.69) is 20.3 Å². The van der Waals surface area contributed by atoms with Gasteiger partial charge in [0, 0.05) is 6.54 Å². The molecule has 5 nitrogen and oxygen atoms in total. The summed E-state index contributed by atoms with van der Waals surface area (Å²) in [6.45, 7) is 4.54. The van der Waals surface area contributed by atoms with Crippen LogP contribution in [-0.4, -0.2) is 21.5 Å². The second-order valence-electron chi connectivity index (χ2n) is 3.78. The summed E-state index contributed by atoms with van der Waals surface area (Å²) in [6, 6.07) is 5.54. The van der Waals surface area contributed by atoms with Gasteiger partial charge in [0.15, 0.2) is 0 Å². The number of anilines is 1. The van der Waals surface area contributed by atoms with Crippen molar-refractivity contribution in [3.63, 3.8) is 0 Å². The second kappa shape index (κ2) is 6.04. The van der Waals surface area contributed by atoms with Gasteiger partial charge in [-0.15, -0.1) is 0 Å². The highest BCUT2D eigenvalue weighted by Crippen LogP contribution is 2.29. The molecule has 0 saturated heterocycles. The van der Waals surface area contributed by atoms with Gasteiger partial charge in [0.05, 0.1) is 5.02 Å². The van der Waals surface area contributed by atoms with Crippen LogP contribution >= 0.6 is 23.2 Å². The summed E-state index contributed by atoms with van der Waals surface area (Å²) in [5.74, 6) is 0.840. The molecule has 0 aliphatic carbocycles. The number of halogens is 2. The minimum Gasteiger partial charge on any atom is -0.423 e. The van der Waals surface area contributed by atoms with E-state index in [0.717, 1.165) is 5.56 Å². The number of hydrogen-bond donors (Lipinski definition) is 1. The van der Waals surface area contributed by atoms with Crippen molar-refractivity contribution in [2.24, 2.45) is 0 Å². The molecule has 2 rings (SSSR count). The van der Waals surface area contributed by atoms with Crippen molar-refractivity contribution in [3.8, 4) is 11.8 Å². The molecule has 1 aromatic carbocycles. The number of nitrogens with one attached hydrogen (secondary N) is 1. The van der Waals surface area contributed by atoms with Crippen molar-refractivity contribution in [2.45, 2.75) is 13.8 Å². The van der Waals surface area contributed by atoms with Crippen LogP contribution in [0.25, 0.3) is 0 Å². The highest BCUT2D eigenvalue weighted by molar-refractivity contribution is 6.32. The first-order valence-electron chi connectivity index (χ1n) is 5.68. The normalized spacial score (nSPS) is 10.3. The minimum absolute atomic E-state index is 0.0599. The fourth-order valence-corrected chi connectivity index (χ4v) is 1.71. The van der Waals surface area contributed by atoms with Gasteiger partial charge in [-0.2, -0.15) is 15.0 Å². The fraction of sp³-hybridized carbons (Fsp3) is 0.250. The van der Waals surface area contributed by atoms with Crippen LogP contribution < -0.4 is 10.1 Å². The minimum atomic E-state index is 0.0599. The average molecular weight is 299 g/mol. The summed E-state index contributed by atoms with van der Waals surface area (Å²) < 4.78 is 5.54. The molecule has 0 atom stereocenters. The van der Waals surface area contributed by atoms with Crippen molar-refractivity contribution in [2.75, 3.05) is 11.9 Å². The molecule has 0 fully saturated rings. The maximum Gasteiger partial charge on any atom is 0.328 e. The Balaban J connectivity index is 2.29. The molecule has 2 aromatic rings. The van der Waals surface area contributed by atoms with Gasteiger partial charge in [-0.05, 0) is 43.1 Å². The van der Waals surface area contributed by atoms with Gasteiger partial charge in [-0.25, -0.2) is 0 Å². The second-order valence-corrected chi connectivity index (χ2v) is 4.52. The number of nitrogens with zero attached hydrogens (tertiary/aromatic N) is 3. The zero-order chi connectivity index (χ0) is 13.8. The smallest absolute Gasteiger partial charge is 0.328 e. The molecular formula is C12H12Cl2N4O. The Bertz CT molecular complexity index is 592. The first-order valence-corrected chi connectivity index (χ1v) is 6.43. The van der Waals surface area contributed by atoms with E-state index in [-0.39, 0.29) is 11.3 Å². The Morgan fingerprint density at radius 3 is 2.74 bits per heavy atom. The molecule has 1 N–H and O–H groups in total. The van der Waals surface area contributed by atoms with E-state index in [1.165, 1.54) is 0 Å². The van der Waals surface area contributed by atoms with Crippen molar-refractivity contribution in [3.05, 3.63) is 34.1 Å². The lowest BCUT2D eigenvalue weighted by Gasteiger charge is -2.08. The molecular weight excluding hydrogens is 287 g/mol. The van der Waals surface area contributed by atoms with Crippen LogP contribution in [0.15, 0.2) is 18.2 Å². The SMILES string of the molecule is CCNc1nc(Cl)nc(Oc2cc(C)ccc2Cl)n1. The largest absolute Gasteiger partial charge is 0.423 e. The van der Waals surface area contributed by atoms with Gasteiger partial charge in [0.1, 0.15) is 5.75 Å². The third-order valence-corrected chi connectivity index (χ3v) is 2.69. The Morgan fingerprint density at radius 2 is 2.00 bits per heavy atom. The molecule has 0 radical (unpaired) electrons. The van der Waals surface area contributed by atoms with Gasteiger partial charge >= 0.3 is 6.01 Å². The zero-order valence-corrected chi connectivity index (χ0v) is 12.0. The molecule has 0 amide bonds. The summed E-state index contributed by atoms with van der Waals surface area (Å²) >= 11 is 11.8. The summed E-state index contributed by atoms with van der Waals surface area (Å²) in [6.07, 6.45) is 0. The van der Waals surface area contributed by atoms with Gasteiger partial charge in [0.2, 0.25) is 11.2 Å². The fourth-order valence-electron chi connectivity index (χ4n) is 1.40. The van der Waals surface area contributed by atoms with Crippen LogP contribution in [0.4, 0.5) is 5.95 Å². The van der Waals surface area contributed by atoms with Gasteiger partial charge in [0.25, 0.3) is 0 Å².